The molecule has 0 aliphatic rings. The molecule has 1 aromatic rings. The van der Waals surface area contributed by atoms with Crippen LogP contribution in [0.1, 0.15) is 12.5 Å². The van der Waals surface area contributed by atoms with Gasteiger partial charge in [0.1, 0.15) is 0 Å². The molecule has 0 spiro atoms. The van der Waals surface area contributed by atoms with E-state index in [0.29, 0.717) is 16.6 Å². The zero-order valence-corrected chi connectivity index (χ0v) is 8.90. The Morgan fingerprint density at radius 3 is 2.77 bits per heavy atom. The molecule has 1 aromatic carbocycles. The van der Waals surface area contributed by atoms with Crippen LogP contribution < -0.4 is 10.5 Å². The normalized spacial score (nSPS) is 10.2. The number of hydrogen-bond acceptors (Lipinski definition) is 2. The summed E-state index contributed by atoms with van der Waals surface area (Å²) in [5.41, 5.74) is 6.13. The second-order valence-corrected chi connectivity index (χ2v) is 3.43. The number of ether oxygens (including phenoxy) is 1. The second-order valence-electron chi connectivity index (χ2n) is 2.51. The van der Waals surface area contributed by atoms with Gasteiger partial charge in [0.2, 0.25) is 0 Å². The van der Waals surface area contributed by atoms with Crippen LogP contribution in [0, 0.1) is 5.82 Å². The molecule has 2 N–H and O–H groups in total. The van der Waals surface area contributed by atoms with E-state index in [1.807, 2.05) is 6.92 Å². The first-order valence-electron chi connectivity index (χ1n) is 3.99. The van der Waals surface area contributed by atoms with Crippen molar-refractivity contribution < 1.29 is 9.13 Å². The molecule has 0 atom stereocenters. The van der Waals surface area contributed by atoms with Crippen molar-refractivity contribution in [2.24, 2.45) is 5.73 Å². The number of nitrogens with two attached hydrogens (primary N) is 1. The van der Waals surface area contributed by atoms with Gasteiger partial charge in [0.15, 0.2) is 11.6 Å². The molecule has 0 radical (unpaired) electrons. The van der Waals surface area contributed by atoms with E-state index in [0.717, 1.165) is 0 Å². The van der Waals surface area contributed by atoms with E-state index in [-0.39, 0.29) is 18.1 Å². The lowest BCUT2D eigenvalue weighted by atomic mass is 10.2. The summed E-state index contributed by atoms with van der Waals surface area (Å²) in [6, 6.07) is 3.12. The highest BCUT2D eigenvalue weighted by atomic mass is 79.9. The number of hydrogen-bond donors (Lipinski definition) is 1. The zero-order valence-electron chi connectivity index (χ0n) is 7.31. The van der Waals surface area contributed by atoms with Gasteiger partial charge in [-0.05, 0) is 19.1 Å². The summed E-state index contributed by atoms with van der Waals surface area (Å²) in [4.78, 5) is 0. The molecule has 0 saturated heterocycles. The number of benzene rings is 1. The lowest BCUT2D eigenvalue weighted by molar-refractivity contribution is 0.317. The maximum Gasteiger partial charge on any atom is 0.166 e. The Morgan fingerprint density at radius 1 is 1.54 bits per heavy atom. The minimum absolute atomic E-state index is 0.258. The maximum absolute atomic E-state index is 13.3. The quantitative estimate of drug-likeness (QED) is 0.891. The molecule has 2 nitrogen and oxygen atoms in total. The van der Waals surface area contributed by atoms with Gasteiger partial charge in [-0.2, -0.15) is 0 Å². The van der Waals surface area contributed by atoms with Crippen molar-refractivity contribution in [1.29, 1.82) is 0 Å². The minimum atomic E-state index is -0.378. The highest BCUT2D eigenvalue weighted by Crippen LogP contribution is 2.26. The molecule has 0 aromatic heterocycles. The Hall–Kier alpha value is -0.610. The third-order valence-electron chi connectivity index (χ3n) is 1.59. The first-order chi connectivity index (χ1) is 6.19. The third kappa shape index (κ3) is 2.42. The maximum atomic E-state index is 13.3. The van der Waals surface area contributed by atoms with E-state index in [9.17, 15) is 4.39 Å². The Morgan fingerprint density at radius 2 is 2.23 bits per heavy atom. The molecule has 0 fully saturated rings. The van der Waals surface area contributed by atoms with Crippen LogP contribution in [0.5, 0.6) is 5.75 Å². The standard InChI is InChI=1S/C9H11BrFNO/c1-2-13-9-6(5-12)3-7(10)4-8(9)11/h3-4H,2,5,12H2,1H3. The lowest BCUT2D eigenvalue weighted by Gasteiger charge is -2.09. The summed E-state index contributed by atoms with van der Waals surface area (Å²) < 4.78 is 19.1. The summed E-state index contributed by atoms with van der Waals surface area (Å²) in [6.45, 7) is 2.51. The predicted octanol–water partition coefficient (Wildman–Crippen LogP) is 2.45. The van der Waals surface area contributed by atoms with Gasteiger partial charge in [0.05, 0.1) is 6.61 Å². The summed E-state index contributed by atoms with van der Waals surface area (Å²) >= 11 is 3.19. The summed E-state index contributed by atoms with van der Waals surface area (Å²) in [5.74, 6) is -0.120. The average Bonchev–Trinajstić information content (AvgIpc) is 2.09. The Balaban J connectivity index is 3.13. The fourth-order valence-corrected chi connectivity index (χ4v) is 1.55. The molecule has 4 heteroatoms. The van der Waals surface area contributed by atoms with E-state index < -0.39 is 0 Å². The third-order valence-corrected chi connectivity index (χ3v) is 2.05. The van der Waals surface area contributed by atoms with Crippen molar-refractivity contribution in [2.75, 3.05) is 6.61 Å². The summed E-state index contributed by atoms with van der Waals surface area (Å²) in [5, 5.41) is 0. The van der Waals surface area contributed by atoms with Crippen LogP contribution in [-0.2, 0) is 6.54 Å². The molecule has 0 unspecified atom stereocenters. The van der Waals surface area contributed by atoms with Gasteiger partial charge in [0.25, 0.3) is 0 Å². The van der Waals surface area contributed by atoms with Crippen LogP contribution in [-0.4, -0.2) is 6.61 Å². The first-order valence-corrected chi connectivity index (χ1v) is 4.79. The molecule has 13 heavy (non-hydrogen) atoms. The SMILES string of the molecule is CCOc1c(F)cc(Br)cc1CN. The Kier molecular flexibility index (Phi) is 3.69. The summed E-state index contributed by atoms with van der Waals surface area (Å²) in [6.07, 6.45) is 0. The largest absolute Gasteiger partial charge is 0.490 e. The van der Waals surface area contributed by atoms with Gasteiger partial charge in [-0.1, -0.05) is 15.9 Å². The van der Waals surface area contributed by atoms with E-state index in [1.54, 1.807) is 6.07 Å². The fraction of sp³-hybridized carbons (Fsp3) is 0.333. The summed E-state index contributed by atoms with van der Waals surface area (Å²) in [7, 11) is 0. The highest BCUT2D eigenvalue weighted by Gasteiger charge is 2.09. The predicted molar refractivity (Wildman–Crippen MR) is 53.2 cm³/mol. The van der Waals surface area contributed by atoms with Gasteiger partial charge in [-0.3, -0.25) is 0 Å². The van der Waals surface area contributed by atoms with Gasteiger partial charge in [-0.25, -0.2) is 4.39 Å². The van der Waals surface area contributed by atoms with Crippen molar-refractivity contribution in [3.05, 3.63) is 28.0 Å². The molecular weight excluding hydrogens is 237 g/mol. The van der Waals surface area contributed by atoms with E-state index in [4.69, 9.17) is 10.5 Å². The Labute approximate surface area is 85.0 Å². The van der Waals surface area contributed by atoms with Crippen LogP contribution >= 0.6 is 15.9 Å². The minimum Gasteiger partial charge on any atom is -0.490 e. The molecule has 72 valence electrons. The van der Waals surface area contributed by atoms with Crippen molar-refractivity contribution in [3.8, 4) is 5.75 Å². The topological polar surface area (TPSA) is 35.2 Å². The van der Waals surface area contributed by atoms with Crippen LogP contribution in [0.3, 0.4) is 0 Å². The van der Waals surface area contributed by atoms with Crippen molar-refractivity contribution in [3.63, 3.8) is 0 Å². The smallest absolute Gasteiger partial charge is 0.166 e. The zero-order chi connectivity index (χ0) is 9.84. The fourth-order valence-electron chi connectivity index (χ4n) is 1.07. The monoisotopic (exact) mass is 247 g/mol. The first kappa shape index (κ1) is 10.5. The van der Waals surface area contributed by atoms with Crippen molar-refractivity contribution >= 4 is 15.9 Å². The van der Waals surface area contributed by atoms with Gasteiger partial charge in [-0.15, -0.1) is 0 Å². The van der Waals surface area contributed by atoms with E-state index in [2.05, 4.69) is 15.9 Å². The average molecular weight is 248 g/mol. The molecule has 0 aliphatic heterocycles. The number of rotatable bonds is 3. The molecule has 1 rings (SSSR count). The Bertz CT molecular complexity index is 304. The number of halogens is 2. The molecule has 0 amide bonds. The molecule has 0 heterocycles. The van der Waals surface area contributed by atoms with Crippen LogP contribution in [0.25, 0.3) is 0 Å². The second kappa shape index (κ2) is 4.58. The van der Waals surface area contributed by atoms with Gasteiger partial charge >= 0.3 is 0 Å². The molecular formula is C9H11BrFNO. The van der Waals surface area contributed by atoms with E-state index in [1.165, 1.54) is 6.07 Å². The van der Waals surface area contributed by atoms with Crippen LogP contribution in [0.4, 0.5) is 4.39 Å². The van der Waals surface area contributed by atoms with E-state index >= 15 is 0 Å². The van der Waals surface area contributed by atoms with Crippen LogP contribution in [0.2, 0.25) is 0 Å². The molecule has 0 saturated carbocycles. The van der Waals surface area contributed by atoms with Crippen LogP contribution in [0.15, 0.2) is 16.6 Å². The molecule has 0 bridgehead atoms. The van der Waals surface area contributed by atoms with Crippen molar-refractivity contribution in [2.45, 2.75) is 13.5 Å². The lowest BCUT2D eigenvalue weighted by Crippen LogP contribution is -2.04. The molecule has 0 aliphatic carbocycles. The van der Waals surface area contributed by atoms with Crippen molar-refractivity contribution in [1.82, 2.24) is 0 Å². The van der Waals surface area contributed by atoms with Gasteiger partial charge in [0, 0.05) is 16.6 Å². The highest BCUT2D eigenvalue weighted by molar-refractivity contribution is 9.10. The van der Waals surface area contributed by atoms with Gasteiger partial charge < -0.3 is 10.5 Å².